The van der Waals surface area contributed by atoms with Crippen molar-refractivity contribution in [2.75, 3.05) is 44.4 Å². The maximum absolute atomic E-state index is 12.7. The van der Waals surface area contributed by atoms with Gasteiger partial charge in [0.25, 0.3) is 16.0 Å². The van der Waals surface area contributed by atoms with Crippen molar-refractivity contribution in [2.24, 2.45) is 0 Å². The van der Waals surface area contributed by atoms with Gasteiger partial charge in [0, 0.05) is 6.92 Å². The largest absolute Gasteiger partial charge is 0.386 e. The molecular formula is C12H26F2NO6S2+. The van der Waals surface area contributed by atoms with E-state index in [2.05, 4.69) is 0 Å². The van der Waals surface area contributed by atoms with Crippen molar-refractivity contribution in [1.82, 2.24) is 0 Å². The molecule has 140 valence electrons. The van der Waals surface area contributed by atoms with Gasteiger partial charge in [-0.2, -0.15) is 8.42 Å². The van der Waals surface area contributed by atoms with Gasteiger partial charge in [-0.05, 0) is 12.8 Å². The summed E-state index contributed by atoms with van der Waals surface area (Å²) >= 11 is 0. The average molecular weight is 382 g/mol. The third kappa shape index (κ3) is 13.7. The van der Waals surface area contributed by atoms with Crippen LogP contribution in [0.3, 0.4) is 0 Å². The Hall–Kier alpha value is -0.360. The number of hydrogen-bond acceptors (Lipinski definition) is 5. The van der Waals surface area contributed by atoms with Gasteiger partial charge in [0.15, 0.2) is 9.84 Å². The zero-order chi connectivity index (χ0) is 18.5. The van der Waals surface area contributed by atoms with Crippen LogP contribution >= 0.6 is 0 Å². The maximum atomic E-state index is 12.7. The highest BCUT2D eigenvalue weighted by atomic mass is 32.2. The Morgan fingerprint density at radius 3 is 2.09 bits per heavy atom. The summed E-state index contributed by atoms with van der Waals surface area (Å²) in [6, 6.07) is 0. The molecule has 0 aromatic heterocycles. The molecule has 0 aliphatic heterocycles. The highest BCUT2D eigenvalue weighted by Crippen LogP contribution is 2.16. The molecule has 0 aliphatic carbocycles. The molecular weight excluding hydrogens is 356 g/mol. The average Bonchev–Trinajstić information content (AvgIpc) is 2.16. The topological polar surface area (TPSA) is 109 Å². The minimum absolute atomic E-state index is 0.0551. The molecule has 0 aromatic rings. The molecule has 0 saturated carbocycles. The summed E-state index contributed by atoms with van der Waals surface area (Å²) in [4.78, 5) is 0. The number of quaternary nitrogens is 1. The van der Waals surface area contributed by atoms with Gasteiger partial charge in [-0.3, -0.25) is 4.55 Å². The fraction of sp³-hybridized carbons (Fsp3) is 1.00. The van der Waals surface area contributed by atoms with E-state index in [1.807, 2.05) is 0 Å². The smallest absolute Gasteiger partial charge is 0.267 e. The molecule has 0 aliphatic rings. The third-order valence-electron chi connectivity index (χ3n) is 3.05. The van der Waals surface area contributed by atoms with Crippen LogP contribution in [0.5, 0.6) is 0 Å². The molecule has 0 amide bonds. The molecule has 23 heavy (non-hydrogen) atoms. The van der Waals surface area contributed by atoms with Gasteiger partial charge in [0.05, 0.1) is 26.4 Å². The fourth-order valence-electron chi connectivity index (χ4n) is 2.28. The number of aliphatic hydroxyl groups is 1. The lowest BCUT2D eigenvalue weighted by molar-refractivity contribution is -0.893. The molecule has 2 N–H and O–H groups in total. The number of alkyl halides is 2. The molecule has 0 rings (SSSR count). The Morgan fingerprint density at radius 2 is 1.65 bits per heavy atom. The number of rotatable bonds is 11. The first kappa shape index (κ1) is 22.6. The van der Waals surface area contributed by atoms with Crippen LogP contribution in [0.25, 0.3) is 0 Å². The van der Waals surface area contributed by atoms with Gasteiger partial charge < -0.3 is 9.59 Å². The highest BCUT2D eigenvalue weighted by Gasteiger charge is 2.30. The van der Waals surface area contributed by atoms with E-state index in [-0.39, 0.29) is 23.2 Å². The third-order valence-corrected chi connectivity index (χ3v) is 5.71. The molecule has 0 heterocycles. The normalized spacial score (nSPS) is 15.6. The molecule has 0 fully saturated rings. The van der Waals surface area contributed by atoms with Gasteiger partial charge in [-0.1, -0.05) is 0 Å². The van der Waals surface area contributed by atoms with E-state index in [0.717, 1.165) is 0 Å². The minimum Gasteiger partial charge on any atom is -0.386 e. The predicted octanol–water partition coefficient (Wildman–Crippen LogP) is 0.162. The predicted molar refractivity (Wildman–Crippen MR) is 82.8 cm³/mol. The molecule has 0 bridgehead atoms. The minimum atomic E-state index is -4.27. The number of aliphatic hydroxyl groups excluding tert-OH is 1. The SMILES string of the molecule is CC(F)(F)CS(=O)(=O)CCCC[N+](C)(C)CC(O)CS(=O)(=O)O. The monoisotopic (exact) mass is 382 g/mol. The van der Waals surface area contributed by atoms with E-state index in [1.54, 1.807) is 14.1 Å². The lowest BCUT2D eigenvalue weighted by Crippen LogP contribution is -2.47. The van der Waals surface area contributed by atoms with Crippen molar-refractivity contribution < 1.29 is 39.8 Å². The molecule has 0 radical (unpaired) electrons. The molecule has 1 atom stereocenters. The lowest BCUT2D eigenvalue weighted by atomic mass is 10.2. The molecule has 0 aromatic carbocycles. The van der Waals surface area contributed by atoms with Crippen LogP contribution in [0.1, 0.15) is 19.8 Å². The van der Waals surface area contributed by atoms with Crippen LogP contribution in [-0.4, -0.2) is 87.4 Å². The molecule has 11 heteroatoms. The number of unbranched alkanes of at least 4 members (excludes halogenated alkanes) is 1. The second-order valence-electron chi connectivity index (χ2n) is 6.61. The van der Waals surface area contributed by atoms with Crippen LogP contribution in [-0.2, 0) is 20.0 Å². The van der Waals surface area contributed by atoms with Crippen molar-refractivity contribution >= 4 is 20.0 Å². The fourth-order valence-corrected chi connectivity index (χ4v) is 4.43. The zero-order valence-electron chi connectivity index (χ0n) is 13.6. The summed E-state index contributed by atoms with van der Waals surface area (Å²) in [5.74, 6) is -5.54. The Balaban J connectivity index is 4.26. The summed E-state index contributed by atoms with van der Waals surface area (Å²) in [6.45, 7) is 1.04. The quantitative estimate of drug-likeness (QED) is 0.299. The summed E-state index contributed by atoms with van der Waals surface area (Å²) < 4.78 is 78.6. The van der Waals surface area contributed by atoms with Gasteiger partial charge in [-0.25, -0.2) is 17.2 Å². The van der Waals surface area contributed by atoms with Crippen molar-refractivity contribution in [3.05, 3.63) is 0 Å². The Kier molecular flexibility index (Phi) is 8.02. The van der Waals surface area contributed by atoms with E-state index in [4.69, 9.17) is 4.55 Å². The number of sulfone groups is 1. The second kappa shape index (κ2) is 8.15. The van der Waals surface area contributed by atoms with Crippen molar-refractivity contribution in [2.45, 2.75) is 31.8 Å². The second-order valence-corrected chi connectivity index (χ2v) is 10.3. The first-order valence-electron chi connectivity index (χ1n) is 7.05. The van der Waals surface area contributed by atoms with Crippen LogP contribution < -0.4 is 0 Å². The Labute approximate surface area is 136 Å². The van der Waals surface area contributed by atoms with Crippen LogP contribution in [0.4, 0.5) is 8.78 Å². The first-order chi connectivity index (χ1) is 10.0. The van der Waals surface area contributed by atoms with E-state index >= 15 is 0 Å². The summed E-state index contributed by atoms with van der Waals surface area (Å²) in [6.07, 6.45) is -0.628. The van der Waals surface area contributed by atoms with Gasteiger partial charge >= 0.3 is 0 Å². The highest BCUT2D eigenvalue weighted by molar-refractivity contribution is 7.91. The Morgan fingerprint density at radius 1 is 1.13 bits per heavy atom. The molecule has 0 spiro atoms. The summed E-state index contributed by atoms with van der Waals surface area (Å²) in [5.41, 5.74) is 0. The Bertz CT molecular complexity index is 569. The molecule has 1 unspecified atom stereocenters. The maximum Gasteiger partial charge on any atom is 0.267 e. The lowest BCUT2D eigenvalue weighted by Gasteiger charge is -2.31. The van der Waals surface area contributed by atoms with E-state index in [1.165, 1.54) is 0 Å². The number of hydrogen-bond donors (Lipinski definition) is 2. The van der Waals surface area contributed by atoms with Gasteiger partial charge in [0.1, 0.15) is 24.2 Å². The number of nitrogens with zero attached hydrogens (tertiary/aromatic N) is 1. The van der Waals surface area contributed by atoms with Crippen molar-refractivity contribution in [3.8, 4) is 0 Å². The van der Waals surface area contributed by atoms with Crippen molar-refractivity contribution in [3.63, 3.8) is 0 Å². The standard InChI is InChI=1S/C12H25F2NO6S2/c1-12(13,14)10-22(17,18)7-5-4-6-15(2,3)8-11(16)9-23(19,20)21/h11,16H,4-10H2,1-3H3/p+1. The zero-order valence-corrected chi connectivity index (χ0v) is 15.2. The molecule has 7 nitrogen and oxygen atoms in total. The van der Waals surface area contributed by atoms with Gasteiger partial charge in [0.2, 0.25) is 0 Å². The van der Waals surface area contributed by atoms with Gasteiger partial charge in [-0.15, -0.1) is 0 Å². The summed E-state index contributed by atoms with van der Waals surface area (Å²) in [5, 5.41) is 9.60. The van der Waals surface area contributed by atoms with Crippen LogP contribution in [0.2, 0.25) is 0 Å². The van der Waals surface area contributed by atoms with Crippen molar-refractivity contribution in [1.29, 1.82) is 0 Å². The van der Waals surface area contributed by atoms with E-state index in [9.17, 15) is 30.7 Å². The molecule has 0 saturated heterocycles. The first-order valence-corrected chi connectivity index (χ1v) is 10.5. The van der Waals surface area contributed by atoms with Crippen LogP contribution in [0, 0.1) is 0 Å². The van der Waals surface area contributed by atoms with E-state index < -0.39 is 43.5 Å². The number of halogens is 2. The summed E-state index contributed by atoms with van der Waals surface area (Å²) in [7, 11) is -4.67. The van der Waals surface area contributed by atoms with Crippen LogP contribution in [0.15, 0.2) is 0 Å². The van der Waals surface area contributed by atoms with E-state index in [0.29, 0.717) is 19.9 Å². The number of likely N-dealkylation sites (N-methyl/N-ethyl adjacent to an activating group) is 1.